The first-order valence-corrected chi connectivity index (χ1v) is 7.32. The lowest BCUT2D eigenvalue weighted by atomic mass is 10.1. The Morgan fingerprint density at radius 2 is 2.10 bits per heavy atom. The van der Waals surface area contributed by atoms with Crippen LogP contribution in [-0.2, 0) is 14.3 Å². The number of thiophene rings is 1. The Hall–Kier alpha value is -1.11. The van der Waals surface area contributed by atoms with Gasteiger partial charge in [0.05, 0.1) is 4.88 Å². The van der Waals surface area contributed by atoms with E-state index in [4.69, 9.17) is 27.9 Å². The molecule has 2 rings (SSSR count). The average Bonchev–Trinajstić information content (AvgIpc) is 2.78. The number of hydrogen-bond donors (Lipinski definition) is 1. The molecule has 8 heteroatoms. The van der Waals surface area contributed by atoms with Crippen LogP contribution in [0.4, 0.5) is 0 Å². The van der Waals surface area contributed by atoms with Crippen LogP contribution in [0.3, 0.4) is 0 Å². The molecular formula is C12H11Cl2NO4S. The fraction of sp³-hybridized carbons (Fsp3) is 0.417. The summed E-state index contributed by atoms with van der Waals surface area (Å²) in [6.45, 7) is 1.01. The highest BCUT2D eigenvalue weighted by Gasteiger charge is 2.69. The van der Waals surface area contributed by atoms with Gasteiger partial charge in [-0.2, -0.15) is 0 Å². The van der Waals surface area contributed by atoms with Crippen molar-refractivity contribution in [3.05, 3.63) is 22.4 Å². The van der Waals surface area contributed by atoms with Crippen LogP contribution in [0, 0.1) is 5.41 Å². The van der Waals surface area contributed by atoms with Crippen molar-refractivity contribution >= 4 is 52.3 Å². The minimum atomic E-state index is -1.15. The van der Waals surface area contributed by atoms with Crippen LogP contribution in [0.1, 0.15) is 23.0 Å². The molecule has 1 heterocycles. The molecule has 1 saturated carbocycles. The molecule has 1 atom stereocenters. The van der Waals surface area contributed by atoms with Crippen molar-refractivity contribution in [3.63, 3.8) is 0 Å². The molecular weight excluding hydrogens is 325 g/mol. The lowest BCUT2D eigenvalue weighted by Crippen LogP contribution is -2.35. The van der Waals surface area contributed by atoms with E-state index in [1.165, 1.54) is 11.3 Å². The van der Waals surface area contributed by atoms with Crippen molar-refractivity contribution in [2.75, 3.05) is 6.61 Å². The van der Waals surface area contributed by atoms with Crippen molar-refractivity contribution in [2.24, 2.45) is 5.41 Å². The van der Waals surface area contributed by atoms with Crippen LogP contribution in [0.25, 0.3) is 0 Å². The number of imide groups is 1. The number of amides is 2. The predicted molar refractivity (Wildman–Crippen MR) is 74.9 cm³/mol. The molecule has 108 valence electrons. The largest absolute Gasteiger partial charge is 0.455 e. The molecule has 1 N–H and O–H groups in total. The van der Waals surface area contributed by atoms with Crippen molar-refractivity contribution in [1.82, 2.24) is 5.32 Å². The van der Waals surface area contributed by atoms with Gasteiger partial charge >= 0.3 is 5.97 Å². The lowest BCUT2D eigenvalue weighted by Gasteiger charge is -2.11. The summed E-state index contributed by atoms with van der Waals surface area (Å²) in [4.78, 5) is 35.2. The minimum Gasteiger partial charge on any atom is -0.455 e. The Bertz CT molecular complexity index is 558. The standard InChI is InChI=1S/C12H11Cl2NO4S/c1-11(6-12(11,13)14)10(18)19-5-8(16)15-9(17)7-3-2-4-20-7/h2-4H,5-6H2,1H3,(H,15,16,17)/t11-/m1/s1. The predicted octanol–water partition coefficient (Wildman–Crippen LogP) is 2.13. The summed E-state index contributed by atoms with van der Waals surface area (Å²) in [5.74, 6) is -1.88. The SMILES string of the molecule is C[C@]1(C(=O)OCC(=O)NC(=O)c2cccs2)CC1(Cl)Cl. The monoisotopic (exact) mass is 335 g/mol. The summed E-state index contributed by atoms with van der Waals surface area (Å²) < 4.78 is 3.67. The van der Waals surface area contributed by atoms with Crippen LogP contribution >= 0.6 is 34.5 Å². The summed E-state index contributed by atoms with van der Waals surface area (Å²) in [6, 6.07) is 3.28. The number of ether oxygens (including phenoxy) is 1. The molecule has 0 aliphatic heterocycles. The molecule has 0 aromatic carbocycles. The zero-order valence-corrected chi connectivity index (χ0v) is 12.8. The number of carbonyl (C=O) groups is 3. The van der Waals surface area contributed by atoms with Gasteiger partial charge in [-0.1, -0.05) is 6.07 Å². The van der Waals surface area contributed by atoms with Crippen LogP contribution in [0.5, 0.6) is 0 Å². The summed E-state index contributed by atoms with van der Waals surface area (Å²) >= 11 is 12.8. The molecule has 0 unspecified atom stereocenters. The maximum absolute atomic E-state index is 11.7. The van der Waals surface area contributed by atoms with Gasteiger partial charge in [-0.25, -0.2) is 0 Å². The third-order valence-corrected chi connectivity index (χ3v) is 5.01. The van der Waals surface area contributed by atoms with Crippen molar-refractivity contribution in [3.8, 4) is 0 Å². The van der Waals surface area contributed by atoms with Gasteiger partial charge in [0.15, 0.2) is 6.61 Å². The molecule has 1 aromatic rings. The van der Waals surface area contributed by atoms with Gasteiger partial charge in [0.25, 0.3) is 11.8 Å². The average molecular weight is 336 g/mol. The zero-order chi connectivity index (χ0) is 15.0. The Kier molecular flexibility index (Phi) is 4.09. The number of carbonyl (C=O) groups excluding carboxylic acids is 3. The maximum Gasteiger partial charge on any atom is 0.315 e. The summed E-state index contributed by atoms with van der Waals surface area (Å²) in [7, 11) is 0. The van der Waals surface area contributed by atoms with E-state index in [1.54, 1.807) is 24.4 Å². The van der Waals surface area contributed by atoms with E-state index in [0.717, 1.165) is 0 Å². The molecule has 2 amide bonds. The third-order valence-electron chi connectivity index (χ3n) is 3.04. The van der Waals surface area contributed by atoms with Crippen molar-refractivity contribution in [2.45, 2.75) is 17.7 Å². The van der Waals surface area contributed by atoms with Crippen molar-refractivity contribution < 1.29 is 19.1 Å². The number of alkyl halides is 2. The molecule has 1 aliphatic carbocycles. The fourth-order valence-corrected chi connectivity index (χ4v) is 2.85. The Morgan fingerprint density at radius 1 is 1.45 bits per heavy atom. The number of esters is 1. The minimum absolute atomic E-state index is 0.275. The molecule has 1 fully saturated rings. The topological polar surface area (TPSA) is 72.5 Å². The Labute approximate surface area is 129 Å². The van der Waals surface area contributed by atoms with Crippen molar-refractivity contribution in [1.29, 1.82) is 0 Å². The fourth-order valence-electron chi connectivity index (χ4n) is 1.54. The first-order chi connectivity index (χ1) is 9.26. The smallest absolute Gasteiger partial charge is 0.315 e. The van der Waals surface area contributed by atoms with Crippen LogP contribution in [0.15, 0.2) is 17.5 Å². The van der Waals surface area contributed by atoms with E-state index >= 15 is 0 Å². The molecule has 0 radical (unpaired) electrons. The third kappa shape index (κ3) is 2.97. The van der Waals surface area contributed by atoms with Gasteiger partial charge in [-0.05, 0) is 18.4 Å². The molecule has 5 nitrogen and oxygen atoms in total. The highest BCUT2D eigenvalue weighted by molar-refractivity contribution is 7.12. The Morgan fingerprint density at radius 3 is 2.60 bits per heavy atom. The second-order valence-electron chi connectivity index (χ2n) is 4.64. The highest BCUT2D eigenvalue weighted by atomic mass is 35.5. The van der Waals surface area contributed by atoms with Gasteiger partial charge in [-0.3, -0.25) is 19.7 Å². The first-order valence-electron chi connectivity index (χ1n) is 5.69. The number of rotatable bonds is 4. The molecule has 0 bridgehead atoms. The number of hydrogen-bond acceptors (Lipinski definition) is 5. The number of halogens is 2. The van der Waals surface area contributed by atoms with E-state index in [9.17, 15) is 14.4 Å². The second kappa shape index (κ2) is 5.35. The van der Waals surface area contributed by atoms with E-state index < -0.39 is 34.1 Å². The van der Waals surface area contributed by atoms with Gasteiger partial charge in [0.2, 0.25) is 0 Å². The second-order valence-corrected chi connectivity index (χ2v) is 7.08. The quantitative estimate of drug-likeness (QED) is 0.675. The van der Waals surface area contributed by atoms with Gasteiger partial charge in [-0.15, -0.1) is 34.5 Å². The van der Waals surface area contributed by atoms with E-state index in [-0.39, 0.29) is 6.42 Å². The van der Waals surface area contributed by atoms with Gasteiger partial charge in [0.1, 0.15) is 9.75 Å². The summed E-state index contributed by atoms with van der Waals surface area (Å²) in [5.41, 5.74) is -0.992. The van der Waals surface area contributed by atoms with E-state index in [0.29, 0.717) is 4.88 Å². The lowest BCUT2D eigenvalue weighted by molar-refractivity contribution is -0.153. The van der Waals surface area contributed by atoms with E-state index in [1.807, 2.05) is 0 Å². The molecule has 1 aromatic heterocycles. The van der Waals surface area contributed by atoms with Crippen LogP contribution in [-0.4, -0.2) is 28.7 Å². The molecule has 20 heavy (non-hydrogen) atoms. The Balaban J connectivity index is 1.79. The highest BCUT2D eigenvalue weighted by Crippen LogP contribution is 2.64. The van der Waals surface area contributed by atoms with Crippen LogP contribution in [0.2, 0.25) is 0 Å². The van der Waals surface area contributed by atoms with Gasteiger partial charge < -0.3 is 4.74 Å². The summed E-state index contributed by atoms with van der Waals surface area (Å²) in [5, 5.41) is 3.84. The van der Waals surface area contributed by atoms with E-state index in [2.05, 4.69) is 5.32 Å². The molecule has 1 aliphatic rings. The van der Waals surface area contributed by atoms with Crippen LogP contribution < -0.4 is 5.32 Å². The maximum atomic E-state index is 11.7. The summed E-state index contributed by atoms with van der Waals surface area (Å²) in [6.07, 6.45) is 0.275. The molecule has 0 spiro atoms. The normalized spacial score (nSPS) is 22.9. The molecule has 0 saturated heterocycles. The number of nitrogens with one attached hydrogen (secondary N) is 1. The zero-order valence-electron chi connectivity index (χ0n) is 10.4. The first kappa shape index (κ1) is 15.3. The van der Waals surface area contributed by atoms with Gasteiger partial charge in [0, 0.05) is 6.42 Å².